The van der Waals surface area contributed by atoms with Crippen LogP contribution in [0.2, 0.25) is 0 Å². The SMILES string of the molecule is CC(C)(C)OC(=O)Nc1ccc(NCc2ccccc2N)cc1. The number of para-hydroxylation sites is 1. The maximum atomic E-state index is 11.7. The third kappa shape index (κ3) is 5.54. The van der Waals surface area contributed by atoms with Gasteiger partial charge in [-0.15, -0.1) is 0 Å². The van der Waals surface area contributed by atoms with Gasteiger partial charge in [-0.2, -0.15) is 0 Å². The summed E-state index contributed by atoms with van der Waals surface area (Å²) in [6.07, 6.45) is -0.463. The van der Waals surface area contributed by atoms with Crippen molar-refractivity contribution in [2.24, 2.45) is 0 Å². The summed E-state index contributed by atoms with van der Waals surface area (Å²) in [7, 11) is 0. The van der Waals surface area contributed by atoms with E-state index >= 15 is 0 Å². The molecule has 0 aliphatic carbocycles. The molecule has 4 N–H and O–H groups in total. The molecule has 0 fully saturated rings. The number of hydrogen-bond donors (Lipinski definition) is 3. The third-order valence-corrected chi connectivity index (χ3v) is 3.07. The van der Waals surface area contributed by atoms with Gasteiger partial charge in [0.15, 0.2) is 0 Å². The van der Waals surface area contributed by atoms with Crippen LogP contribution in [0.15, 0.2) is 48.5 Å². The van der Waals surface area contributed by atoms with Crippen LogP contribution in [0.25, 0.3) is 0 Å². The molecule has 0 unspecified atom stereocenters. The van der Waals surface area contributed by atoms with Gasteiger partial charge < -0.3 is 15.8 Å². The number of nitrogens with two attached hydrogens (primary N) is 1. The highest BCUT2D eigenvalue weighted by atomic mass is 16.6. The lowest BCUT2D eigenvalue weighted by Gasteiger charge is -2.19. The zero-order valence-electron chi connectivity index (χ0n) is 13.7. The van der Waals surface area contributed by atoms with Gasteiger partial charge in [-0.1, -0.05) is 18.2 Å². The summed E-state index contributed by atoms with van der Waals surface area (Å²) in [4.78, 5) is 11.7. The minimum atomic E-state index is -0.513. The molecule has 122 valence electrons. The zero-order chi connectivity index (χ0) is 16.9. The van der Waals surface area contributed by atoms with Crippen LogP contribution in [0.1, 0.15) is 26.3 Å². The smallest absolute Gasteiger partial charge is 0.412 e. The van der Waals surface area contributed by atoms with Crippen molar-refractivity contribution >= 4 is 23.2 Å². The summed E-state index contributed by atoms with van der Waals surface area (Å²) >= 11 is 0. The highest BCUT2D eigenvalue weighted by Gasteiger charge is 2.15. The second-order valence-corrected chi connectivity index (χ2v) is 6.26. The molecule has 2 aromatic carbocycles. The van der Waals surface area contributed by atoms with Gasteiger partial charge in [-0.25, -0.2) is 4.79 Å². The number of carbonyl (C=O) groups excluding carboxylic acids is 1. The lowest BCUT2D eigenvalue weighted by Crippen LogP contribution is -2.27. The molecule has 0 radical (unpaired) electrons. The first kappa shape index (κ1) is 16.7. The summed E-state index contributed by atoms with van der Waals surface area (Å²) in [6.45, 7) is 6.13. The van der Waals surface area contributed by atoms with E-state index in [0.29, 0.717) is 12.2 Å². The second-order valence-electron chi connectivity index (χ2n) is 6.26. The molecule has 0 heterocycles. The van der Waals surface area contributed by atoms with Crippen molar-refractivity contribution < 1.29 is 9.53 Å². The lowest BCUT2D eigenvalue weighted by atomic mass is 10.2. The van der Waals surface area contributed by atoms with E-state index in [9.17, 15) is 4.79 Å². The zero-order valence-corrected chi connectivity index (χ0v) is 13.7. The largest absolute Gasteiger partial charge is 0.444 e. The number of nitrogen functional groups attached to an aromatic ring is 1. The minimum Gasteiger partial charge on any atom is -0.444 e. The van der Waals surface area contributed by atoms with E-state index in [-0.39, 0.29) is 0 Å². The Kier molecular flexibility index (Phi) is 5.11. The standard InChI is InChI=1S/C18H23N3O2/c1-18(2,3)23-17(22)21-15-10-8-14(9-11-15)20-12-13-6-4-5-7-16(13)19/h4-11,20H,12,19H2,1-3H3,(H,21,22). The van der Waals surface area contributed by atoms with Crippen LogP contribution in [-0.2, 0) is 11.3 Å². The fourth-order valence-corrected chi connectivity index (χ4v) is 1.99. The Hall–Kier alpha value is -2.69. The third-order valence-electron chi connectivity index (χ3n) is 3.07. The van der Waals surface area contributed by atoms with E-state index < -0.39 is 11.7 Å². The van der Waals surface area contributed by atoms with Crippen LogP contribution in [0.4, 0.5) is 21.9 Å². The Balaban J connectivity index is 1.90. The van der Waals surface area contributed by atoms with Crippen LogP contribution in [-0.4, -0.2) is 11.7 Å². The summed E-state index contributed by atoms with van der Waals surface area (Å²) in [5.41, 5.74) is 8.84. The Bertz CT molecular complexity index is 661. The quantitative estimate of drug-likeness (QED) is 0.738. The second kappa shape index (κ2) is 7.05. The van der Waals surface area contributed by atoms with Crippen molar-refractivity contribution in [2.75, 3.05) is 16.4 Å². The van der Waals surface area contributed by atoms with E-state index in [2.05, 4.69) is 10.6 Å². The van der Waals surface area contributed by atoms with Gasteiger partial charge in [-0.3, -0.25) is 5.32 Å². The normalized spacial score (nSPS) is 10.9. The number of nitrogens with one attached hydrogen (secondary N) is 2. The molecule has 0 bridgehead atoms. The minimum absolute atomic E-state index is 0.463. The number of hydrogen-bond acceptors (Lipinski definition) is 4. The van der Waals surface area contributed by atoms with Gasteiger partial charge in [0.1, 0.15) is 5.60 Å². The maximum Gasteiger partial charge on any atom is 0.412 e. The van der Waals surface area contributed by atoms with Crippen molar-refractivity contribution in [3.8, 4) is 0 Å². The molecule has 5 heteroatoms. The number of carbonyl (C=O) groups is 1. The van der Waals surface area contributed by atoms with Crippen molar-refractivity contribution in [2.45, 2.75) is 32.9 Å². The Morgan fingerprint density at radius 1 is 1.04 bits per heavy atom. The molecule has 0 aliphatic rings. The molecule has 0 saturated carbocycles. The maximum absolute atomic E-state index is 11.7. The molecule has 0 aromatic heterocycles. The average Bonchev–Trinajstić information content (AvgIpc) is 2.46. The number of ether oxygens (including phenoxy) is 1. The van der Waals surface area contributed by atoms with Crippen LogP contribution in [0, 0.1) is 0 Å². The molecule has 0 atom stereocenters. The lowest BCUT2D eigenvalue weighted by molar-refractivity contribution is 0.0636. The topological polar surface area (TPSA) is 76.4 Å². The Labute approximate surface area is 136 Å². The van der Waals surface area contributed by atoms with Gasteiger partial charge in [-0.05, 0) is 56.7 Å². The van der Waals surface area contributed by atoms with E-state index in [0.717, 1.165) is 16.9 Å². The highest BCUT2D eigenvalue weighted by molar-refractivity contribution is 5.85. The summed E-state index contributed by atoms with van der Waals surface area (Å²) in [5.74, 6) is 0. The fraction of sp³-hybridized carbons (Fsp3) is 0.278. The average molecular weight is 313 g/mol. The van der Waals surface area contributed by atoms with Crippen LogP contribution < -0.4 is 16.4 Å². The molecule has 5 nitrogen and oxygen atoms in total. The first-order chi connectivity index (χ1) is 10.8. The fourth-order valence-electron chi connectivity index (χ4n) is 1.99. The summed E-state index contributed by atoms with van der Waals surface area (Å²) < 4.78 is 5.21. The van der Waals surface area contributed by atoms with Gasteiger partial charge in [0.25, 0.3) is 0 Å². The van der Waals surface area contributed by atoms with E-state index in [4.69, 9.17) is 10.5 Å². The molecular formula is C18H23N3O2. The molecule has 23 heavy (non-hydrogen) atoms. The highest BCUT2D eigenvalue weighted by Crippen LogP contribution is 2.17. The van der Waals surface area contributed by atoms with Gasteiger partial charge >= 0.3 is 6.09 Å². The predicted octanol–water partition coefficient (Wildman–Crippen LogP) is 4.23. The van der Waals surface area contributed by atoms with Crippen molar-refractivity contribution in [1.29, 1.82) is 0 Å². The van der Waals surface area contributed by atoms with Gasteiger partial charge in [0.05, 0.1) is 0 Å². The Morgan fingerprint density at radius 2 is 1.65 bits per heavy atom. The van der Waals surface area contributed by atoms with Crippen LogP contribution in [0.5, 0.6) is 0 Å². The molecule has 1 amide bonds. The number of benzene rings is 2. The molecule has 0 saturated heterocycles. The summed E-state index contributed by atoms with van der Waals surface area (Å²) in [6, 6.07) is 15.2. The first-order valence-corrected chi connectivity index (χ1v) is 7.51. The number of anilines is 3. The van der Waals surface area contributed by atoms with Gasteiger partial charge in [0.2, 0.25) is 0 Å². The first-order valence-electron chi connectivity index (χ1n) is 7.51. The van der Waals surface area contributed by atoms with Crippen molar-refractivity contribution in [3.05, 3.63) is 54.1 Å². The number of rotatable bonds is 4. The van der Waals surface area contributed by atoms with E-state index in [1.165, 1.54) is 0 Å². The molecule has 2 rings (SSSR count). The van der Waals surface area contributed by atoms with Crippen LogP contribution in [0.3, 0.4) is 0 Å². The monoisotopic (exact) mass is 313 g/mol. The van der Waals surface area contributed by atoms with Crippen LogP contribution >= 0.6 is 0 Å². The van der Waals surface area contributed by atoms with Crippen molar-refractivity contribution in [3.63, 3.8) is 0 Å². The predicted molar refractivity (Wildman–Crippen MR) is 94.5 cm³/mol. The summed E-state index contributed by atoms with van der Waals surface area (Å²) in [5, 5.41) is 6.00. The Morgan fingerprint density at radius 3 is 2.26 bits per heavy atom. The molecule has 2 aromatic rings. The molecular weight excluding hydrogens is 290 g/mol. The van der Waals surface area contributed by atoms with Crippen molar-refractivity contribution in [1.82, 2.24) is 0 Å². The number of amides is 1. The molecule has 0 aliphatic heterocycles. The molecule has 0 spiro atoms. The van der Waals surface area contributed by atoms with E-state index in [1.807, 2.05) is 69.3 Å². The van der Waals surface area contributed by atoms with E-state index in [1.54, 1.807) is 0 Å². The van der Waals surface area contributed by atoms with Gasteiger partial charge in [0, 0.05) is 23.6 Å².